The van der Waals surface area contributed by atoms with Gasteiger partial charge < -0.3 is 5.48 Å². The fraction of sp³-hybridized carbons (Fsp3) is 0.400. The second-order valence-corrected chi connectivity index (χ2v) is 3.65. The van der Waals surface area contributed by atoms with Crippen LogP contribution in [0.4, 0.5) is 0 Å². The van der Waals surface area contributed by atoms with E-state index in [2.05, 4.69) is 6.92 Å². The summed E-state index contributed by atoms with van der Waals surface area (Å²) in [4.78, 5) is 0. The molecule has 0 aliphatic heterocycles. The molecule has 0 atom stereocenters. The van der Waals surface area contributed by atoms with E-state index in [1.165, 1.54) is 6.42 Å². The predicted octanol–water partition coefficient (Wildman–Crippen LogP) is 4.19. The average Bonchev–Trinajstić information content (AvgIpc) is 2.13. The highest BCUT2D eigenvalue weighted by Crippen LogP contribution is 2.19. The SMILES string of the molecule is CCCCCl.Clc1ccccc1Cl.O. The van der Waals surface area contributed by atoms with Crippen LogP contribution in [0.15, 0.2) is 24.3 Å². The number of alkyl halides is 1. The molecule has 1 aromatic rings. The number of benzene rings is 1. The van der Waals surface area contributed by atoms with Gasteiger partial charge in [-0.05, 0) is 18.6 Å². The lowest BCUT2D eigenvalue weighted by Crippen LogP contribution is -1.65. The molecule has 1 nitrogen and oxygen atoms in total. The zero-order valence-corrected chi connectivity index (χ0v) is 10.3. The predicted molar refractivity (Wildman–Crippen MR) is 65.7 cm³/mol. The number of halogens is 3. The van der Waals surface area contributed by atoms with Gasteiger partial charge in [0, 0.05) is 5.88 Å². The lowest BCUT2D eigenvalue weighted by atomic mass is 10.4. The molecule has 2 N–H and O–H groups in total. The van der Waals surface area contributed by atoms with E-state index in [0.717, 1.165) is 12.3 Å². The molecule has 0 spiro atoms. The van der Waals surface area contributed by atoms with Gasteiger partial charge in [0.05, 0.1) is 10.0 Å². The fourth-order valence-corrected chi connectivity index (χ4v) is 1.11. The normalized spacial score (nSPS) is 8.29. The van der Waals surface area contributed by atoms with Crippen LogP contribution in [0.25, 0.3) is 0 Å². The molecule has 0 saturated carbocycles. The Balaban J connectivity index is 0. The Morgan fingerprint density at radius 1 is 1.07 bits per heavy atom. The monoisotopic (exact) mass is 256 g/mol. The zero-order chi connectivity index (χ0) is 10.1. The minimum absolute atomic E-state index is 0. The van der Waals surface area contributed by atoms with Crippen LogP contribution in [0.3, 0.4) is 0 Å². The van der Waals surface area contributed by atoms with Gasteiger partial charge in [-0.1, -0.05) is 48.7 Å². The molecule has 0 aliphatic carbocycles. The summed E-state index contributed by atoms with van der Waals surface area (Å²) < 4.78 is 0. The smallest absolute Gasteiger partial charge is 0.0592 e. The van der Waals surface area contributed by atoms with Gasteiger partial charge in [0.1, 0.15) is 0 Å². The Labute approximate surface area is 100 Å². The molecular formula is C10H15Cl3O. The minimum atomic E-state index is 0. The highest BCUT2D eigenvalue weighted by atomic mass is 35.5. The van der Waals surface area contributed by atoms with Gasteiger partial charge >= 0.3 is 0 Å². The number of unbranched alkanes of at least 4 members (excludes halogenated alkanes) is 1. The maximum absolute atomic E-state index is 5.58. The number of rotatable bonds is 2. The van der Waals surface area contributed by atoms with Crippen molar-refractivity contribution in [1.82, 2.24) is 0 Å². The fourth-order valence-electron chi connectivity index (χ4n) is 0.573. The summed E-state index contributed by atoms with van der Waals surface area (Å²) in [6.45, 7) is 2.13. The van der Waals surface area contributed by atoms with Gasteiger partial charge in [-0.15, -0.1) is 11.6 Å². The largest absolute Gasteiger partial charge is 0.412 e. The van der Waals surface area contributed by atoms with E-state index in [0.29, 0.717) is 10.0 Å². The van der Waals surface area contributed by atoms with E-state index in [1.807, 2.05) is 12.1 Å². The maximum atomic E-state index is 5.58. The van der Waals surface area contributed by atoms with Crippen LogP contribution in [-0.2, 0) is 0 Å². The molecule has 0 fully saturated rings. The van der Waals surface area contributed by atoms with E-state index < -0.39 is 0 Å². The Kier molecular flexibility index (Phi) is 13.1. The van der Waals surface area contributed by atoms with Crippen molar-refractivity contribution in [2.75, 3.05) is 5.88 Å². The highest BCUT2D eigenvalue weighted by Gasteiger charge is 1.89. The number of hydrogen-bond donors (Lipinski definition) is 0. The Morgan fingerprint density at radius 2 is 1.50 bits per heavy atom. The third-order valence-electron chi connectivity index (χ3n) is 1.31. The molecular weight excluding hydrogens is 242 g/mol. The Bertz CT molecular complexity index is 205. The lowest BCUT2D eigenvalue weighted by Gasteiger charge is -1.88. The Hall–Kier alpha value is 0.0500. The summed E-state index contributed by atoms with van der Waals surface area (Å²) in [5.74, 6) is 0.816. The molecule has 0 amide bonds. The summed E-state index contributed by atoms with van der Waals surface area (Å²) in [6.07, 6.45) is 2.37. The van der Waals surface area contributed by atoms with Crippen molar-refractivity contribution in [2.45, 2.75) is 19.8 Å². The summed E-state index contributed by atoms with van der Waals surface area (Å²) >= 11 is 16.5. The van der Waals surface area contributed by atoms with E-state index in [4.69, 9.17) is 34.8 Å². The van der Waals surface area contributed by atoms with Gasteiger partial charge in [-0.2, -0.15) is 0 Å². The molecule has 0 bridgehead atoms. The first-order valence-electron chi connectivity index (χ1n) is 4.18. The van der Waals surface area contributed by atoms with Gasteiger partial charge in [0.2, 0.25) is 0 Å². The number of hydrogen-bond acceptors (Lipinski definition) is 0. The van der Waals surface area contributed by atoms with Crippen LogP contribution in [-0.4, -0.2) is 11.4 Å². The highest BCUT2D eigenvalue weighted by molar-refractivity contribution is 6.41. The molecule has 0 unspecified atom stereocenters. The molecule has 0 heterocycles. The molecule has 0 aromatic heterocycles. The van der Waals surface area contributed by atoms with Crippen LogP contribution >= 0.6 is 34.8 Å². The van der Waals surface area contributed by atoms with Crippen LogP contribution in [0.1, 0.15) is 19.8 Å². The van der Waals surface area contributed by atoms with Gasteiger partial charge in [0.15, 0.2) is 0 Å². The van der Waals surface area contributed by atoms with Crippen molar-refractivity contribution in [3.05, 3.63) is 34.3 Å². The van der Waals surface area contributed by atoms with Crippen molar-refractivity contribution < 1.29 is 5.48 Å². The zero-order valence-electron chi connectivity index (χ0n) is 8.06. The standard InChI is InChI=1S/C6H4Cl2.C4H9Cl.H2O/c7-5-3-1-2-4-6(5)8;1-2-3-4-5;/h1-4H;2-4H2,1H3;1H2. The molecule has 0 saturated heterocycles. The molecule has 14 heavy (non-hydrogen) atoms. The first-order valence-corrected chi connectivity index (χ1v) is 5.47. The third kappa shape index (κ3) is 8.64. The summed E-state index contributed by atoms with van der Waals surface area (Å²) in [6, 6.07) is 7.19. The van der Waals surface area contributed by atoms with Crippen LogP contribution in [0.2, 0.25) is 10.0 Å². The lowest BCUT2D eigenvalue weighted by molar-refractivity contribution is 0.824. The first-order chi connectivity index (χ1) is 6.22. The molecule has 4 heteroatoms. The van der Waals surface area contributed by atoms with E-state index in [9.17, 15) is 0 Å². The van der Waals surface area contributed by atoms with E-state index in [1.54, 1.807) is 12.1 Å². The molecule has 0 radical (unpaired) electrons. The van der Waals surface area contributed by atoms with Gasteiger partial charge in [-0.25, -0.2) is 0 Å². The van der Waals surface area contributed by atoms with Gasteiger partial charge in [-0.3, -0.25) is 0 Å². The summed E-state index contributed by atoms with van der Waals surface area (Å²) in [5.41, 5.74) is 0. The van der Waals surface area contributed by atoms with Crippen molar-refractivity contribution in [3.63, 3.8) is 0 Å². The van der Waals surface area contributed by atoms with Crippen molar-refractivity contribution >= 4 is 34.8 Å². The van der Waals surface area contributed by atoms with Crippen molar-refractivity contribution in [1.29, 1.82) is 0 Å². The molecule has 0 aliphatic rings. The van der Waals surface area contributed by atoms with Crippen LogP contribution in [0.5, 0.6) is 0 Å². The molecule has 1 aromatic carbocycles. The van der Waals surface area contributed by atoms with Crippen molar-refractivity contribution in [2.24, 2.45) is 0 Å². The van der Waals surface area contributed by atoms with Gasteiger partial charge in [0.25, 0.3) is 0 Å². The minimum Gasteiger partial charge on any atom is -0.412 e. The first kappa shape index (κ1) is 16.5. The summed E-state index contributed by atoms with van der Waals surface area (Å²) in [5, 5.41) is 1.21. The summed E-state index contributed by atoms with van der Waals surface area (Å²) in [7, 11) is 0. The topological polar surface area (TPSA) is 31.5 Å². The maximum Gasteiger partial charge on any atom is 0.0592 e. The third-order valence-corrected chi connectivity index (χ3v) is 2.33. The van der Waals surface area contributed by atoms with E-state index in [-0.39, 0.29) is 5.48 Å². The second-order valence-electron chi connectivity index (χ2n) is 2.46. The van der Waals surface area contributed by atoms with Crippen LogP contribution < -0.4 is 0 Å². The Morgan fingerprint density at radius 3 is 1.64 bits per heavy atom. The second kappa shape index (κ2) is 11.1. The molecule has 1 rings (SSSR count). The van der Waals surface area contributed by atoms with E-state index >= 15 is 0 Å². The van der Waals surface area contributed by atoms with Crippen molar-refractivity contribution in [3.8, 4) is 0 Å². The quantitative estimate of drug-likeness (QED) is 0.712. The van der Waals surface area contributed by atoms with Crippen LogP contribution in [0, 0.1) is 0 Å². The average molecular weight is 258 g/mol. The molecule has 82 valence electrons.